The van der Waals surface area contributed by atoms with E-state index in [4.69, 9.17) is 16.6 Å². The van der Waals surface area contributed by atoms with Crippen molar-refractivity contribution < 1.29 is 10.2 Å². The minimum Gasteiger partial charge on any atom is -0.507 e. The molecule has 0 aliphatic heterocycles. The number of aliphatic imine (C=N–C) groups is 1. The lowest BCUT2D eigenvalue weighted by molar-refractivity contribution is 0.442. The molecule has 2 N–H and O–H groups in total. The lowest BCUT2D eigenvalue weighted by Gasteiger charge is -2.28. The molecule has 0 aromatic heterocycles. The highest BCUT2D eigenvalue weighted by Gasteiger charge is 2.30. The highest BCUT2D eigenvalue weighted by molar-refractivity contribution is 6.94. The minimum atomic E-state index is -1.84. The third-order valence-electron chi connectivity index (χ3n) is 9.23. The first kappa shape index (κ1) is 35.4. The first-order chi connectivity index (χ1) is 19.7. The van der Waals surface area contributed by atoms with E-state index in [0.29, 0.717) is 17.0 Å². The molecule has 0 bridgehead atoms. The Morgan fingerprint density at radius 3 is 1.93 bits per heavy atom. The van der Waals surface area contributed by atoms with Gasteiger partial charge >= 0.3 is 0 Å². The molecule has 1 aliphatic rings. The molecular weight excluding hydrogens is 566 g/mol. The predicted molar refractivity (Wildman–Crippen MR) is 192 cm³/mol. The normalized spacial score (nSPS) is 19.6. The van der Waals surface area contributed by atoms with E-state index in [9.17, 15) is 10.2 Å². The van der Waals surface area contributed by atoms with E-state index in [0.717, 1.165) is 41.5 Å². The van der Waals surface area contributed by atoms with Gasteiger partial charge in [0, 0.05) is 34.3 Å². The van der Waals surface area contributed by atoms with Crippen molar-refractivity contribution >= 4 is 37.2 Å². The van der Waals surface area contributed by atoms with Crippen LogP contribution in [0.5, 0.6) is 11.5 Å². The summed E-state index contributed by atoms with van der Waals surface area (Å²) < 4.78 is 0. The first-order valence-corrected chi connectivity index (χ1v) is 19.9. The zero-order valence-electron chi connectivity index (χ0n) is 29.1. The van der Waals surface area contributed by atoms with Crippen molar-refractivity contribution in [3.05, 3.63) is 57.7 Å². The molecule has 3 rings (SSSR count). The van der Waals surface area contributed by atoms with Crippen LogP contribution in [-0.2, 0) is 16.2 Å². The molecule has 0 unspecified atom stereocenters. The Balaban J connectivity index is 2.10. The second kappa shape index (κ2) is 13.1. The second-order valence-corrected chi connectivity index (χ2v) is 22.1. The van der Waals surface area contributed by atoms with Crippen LogP contribution in [0, 0.1) is 5.92 Å². The summed E-state index contributed by atoms with van der Waals surface area (Å²) in [6.45, 7) is 26.4. The topological polar surface area (TPSA) is 52.8 Å². The maximum atomic E-state index is 11.5. The summed E-state index contributed by atoms with van der Waals surface area (Å²) in [4.78, 5) is 5.22. The number of halogens is 1. The Labute approximate surface area is 268 Å². The van der Waals surface area contributed by atoms with Crippen LogP contribution in [0.15, 0.2) is 34.8 Å². The highest BCUT2D eigenvalue weighted by atomic mass is 35.5. The summed E-state index contributed by atoms with van der Waals surface area (Å²) in [5, 5.41) is 24.2. The molecule has 2 aromatic carbocycles. The number of alkyl halides is 1. The van der Waals surface area contributed by atoms with Crippen LogP contribution >= 0.6 is 11.6 Å². The van der Waals surface area contributed by atoms with Gasteiger partial charge in [0.15, 0.2) is 0 Å². The van der Waals surface area contributed by atoms with Crippen LogP contribution in [0.4, 0.5) is 0 Å². The van der Waals surface area contributed by atoms with Crippen molar-refractivity contribution in [1.29, 1.82) is 0 Å². The first-order valence-electron chi connectivity index (χ1n) is 16.2. The summed E-state index contributed by atoms with van der Waals surface area (Å²) >= 11 is 6.47. The molecule has 2 atom stereocenters. The van der Waals surface area contributed by atoms with Gasteiger partial charge in [0.1, 0.15) is 11.5 Å². The molecule has 1 fully saturated rings. The molecule has 5 heteroatoms. The monoisotopic (exact) mass is 623 g/mol. The van der Waals surface area contributed by atoms with Crippen molar-refractivity contribution in [2.24, 2.45) is 10.9 Å². The lowest BCUT2D eigenvalue weighted by Crippen LogP contribution is -2.44. The van der Waals surface area contributed by atoms with Gasteiger partial charge in [0.25, 0.3) is 0 Å². The van der Waals surface area contributed by atoms with Gasteiger partial charge in [-0.1, -0.05) is 130 Å². The predicted octanol–water partition coefficient (Wildman–Crippen LogP) is 10.2. The molecule has 2 aromatic rings. The zero-order chi connectivity index (χ0) is 32.5. The van der Waals surface area contributed by atoms with Gasteiger partial charge in [-0.15, -0.1) is 11.6 Å². The van der Waals surface area contributed by atoms with E-state index in [2.05, 4.69) is 113 Å². The molecular formula is C38H58ClNO2Si. The second-order valence-electron chi connectivity index (χ2n) is 16.7. The number of hydrogen-bond donors (Lipinski definition) is 2. The Kier molecular flexibility index (Phi) is 10.8. The maximum absolute atomic E-state index is 11.5. The summed E-state index contributed by atoms with van der Waals surface area (Å²) in [5.74, 6) is 0.986. The van der Waals surface area contributed by atoms with E-state index in [1.807, 2.05) is 6.21 Å². The molecule has 0 radical (unpaired) electrons. The standard InChI is InChI=1S/C38H58ClNO2Si/c1-25(18-26-20-29(43(11,12)24-39)22-32(34(26)41)38(8,9)10)30-16-14-13-15-17-33(30)40-23-27-19-28(36(2,3)4)21-31(35(27)42)37(5,6)7/h18-23,30,33,41-42H,13-17,24H2,1-12H3/b25-18+,40-23?/t30-,33+/m0/s1. The average molecular weight is 624 g/mol. The van der Waals surface area contributed by atoms with Gasteiger partial charge in [0.2, 0.25) is 0 Å². The third-order valence-corrected chi connectivity index (χ3v) is 13.8. The fourth-order valence-electron chi connectivity index (χ4n) is 6.09. The van der Waals surface area contributed by atoms with Crippen molar-refractivity contribution in [3.8, 4) is 11.5 Å². The van der Waals surface area contributed by atoms with E-state index >= 15 is 0 Å². The summed E-state index contributed by atoms with van der Waals surface area (Å²) in [5.41, 5.74) is 6.34. The van der Waals surface area contributed by atoms with Crippen LogP contribution in [0.3, 0.4) is 0 Å². The number of aromatic hydroxyl groups is 2. The smallest absolute Gasteiger partial charge is 0.128 e. The minimum absolute atomic E-state index is 0.0379. The van der Waals surface area contributed by atoms with Gasteiger partial charge in [0.05, 0.1) is 14.1 Å². The summed E-state index contributed by atoms with van der Waals surface area (Å²) in [7, 11) is -1.84. The van der Waals surface area contributed by atoms with Gasteiger partial charge in [-0.25, -0.2) is 0 Å². The van der Waals surface area contributed by atoms with E-state index in [-0.39, 0.29) is 28.2 Å². The van der Waals surface area contributed by atoms with Crippen LogP contribution in [0.1, 0.15) is 129 Å². The van der Waals surface area contributed by atoms with Gasteiger partial charge < -0.3 is 10.2 Å². The van der Waals surface area contributed by atoms with Gasteiger partial charge in [-0.2, -0.15) is 0 Å². The molecule has 238 valence electrons. The Morgan fingerprint density at radius 1 is 0.814 bits per heavy atom. The fraction of sp³-hybridized carbons (Fsp3) is 0.605. The lowest BCUT2D eigenvalue weighted by atomic mass is 9.79. The number of benzene rings is 2. The molecule has 1 aliphatic carbocycles. The number of phenols is 2. The molecule has 0 heterocycles. The summed E-state index contributed by atoms with van der Waals surface area (Å²) in [6.07, 6.45) is 9.76. The van der Waals surface area contributed by atoms with Crippen LogP contribution < -0.4 is 5.19 Å². The fourth-order valence-corrected chi connectivity index (χ4v) is 7.79. The van der Waals surface area contributed by atoms with E-state index in [1.165, 1.54) is 29.2 Å². The molecule has 0 amide bonds. The van der Waals surface area contributed by atoms with Crippen molar-refractivity contribution in [2.45, 2.75) is 137 Å². The van der Waals surface area contributed by atoms with Crippen LogP contribution in [0.25, 0.3) is 6.08 Å². The largest absolute Gasteiger partial charge is 0.507 e. The van der Waals surface area contributed by atoms with Gasteiger partial charge in [-0.05, 0) is 53.2 Å². The van der Waals surface area contributed by atoms with Gasteiger partial charge in [-0.3, -0.25) is 4.99 Å². The number of rotatable bonds is 6. The highest BCUT2D eigenvalue weighted by Crippen LogP contribution is 2.39. The maximum Gasteiger partial charge on any atom is 0.128 e. The number of phenolic OH excluding ortho intramolecular Hbond substituents is 2. The zero-order valence-corrected chi connectivity index (χ0v) is 30.8. The Bertz CT molecular complexity index is 1350. The molecule has 43 heavy (non-hydrogen) atoms. The van der Waals surface area contributed by atoms with Crippen molar-refractivity contribution in [2.75, 3.05) is 5.50 Å². The van der Waals surface area contributed by atoms with Crippen molar-refractivity contribution in [1.82, 2.24) is 0 Å². The third kappa shape index (κ3) is 8.57. The molecule has 1 saturated carbocycles. The quantitative estimate of drug-likeness (QED) is 0.146. The van der Waals surface area contributed by atoms with Crippen LogP contribution in [-0.4, -0.2) is 36.0 Å². The van der Waals surface area contributed by atoms with Crippen LogP contribution in [0.2, 0.25) is 13.1 Å². The van der Waals surface area contributed by atoms with Crippen molar-refractivity contribution in [3.63, 3.8) is 0 Å². The number of hydrogen-bond acceptors (Lipinski definition) is 3. The molecule has 0 saturated heterocycles. The Morgan fingerprint density at radius 2 is 1.37 bits per heavy atom. The van der Waals surface area contributed by atoms with E-state index in [1.54, 1.807) is 0 Å². The van der Waals surface area contributed by atoms with E-state index < -0.39 is 8.07 Å². The molecule has 0 spiro atoms. The average Bonchev–Trinajstić information content (AvgIpc) is 3.12. The Hall–Kier alpha value is -2.04. The SMILES string of the molecule is C/C(=C\c1cc([Si](C)(C)CCl)cc(C(C)(C)C)c1O)[C@@H]1CCCCC[C@H]1N=Cc1cc(C(C)(C)C)cc(C(C)(C)C)c1O. The number of nitrogens with zero attached hydrogens (tertiary/aromatic N) is 1. The molecule has 3 nitrogen and oxygen atoms in total. The summed E-state index contributed by atoms with van der Waals surface area (Å²) in [6, 6.07) is 8.77.